The molecule has 0 aliphatic carbocycles. The van der Waals surface area contributed by atoms with Crippen molar-refractivity contribution in [1.29, 1.82) is 0 Å². The molecule has 10 rings (SSSR count). The quantitative estimate of drug-likeness (QED) is 0.134. The van der Waals surface area contributed by atoms with Crippen LogP contribution in [0.5, 0.6) is 0 Å². The Morgan fingerprint density at radius 1 is 0.315 bits per heavy atom. The van der Waals surface area contributed by atoms with Gasteiger partial charge >= 0.3 is 0 Å². The van der Waals surface area contributed by atoms with Crippen LogP contribution in [0.15, 0.2) is 182 Å². The molecule has 0 amide bonds. The predicted octanol–water partition coefficient (Wildman–Crippen LogP) is 13.4. The second kappa shape index (κ2) is 12.9. The summed E-state index contributed by atoms with van der Waals surface area (Å²) in [5, 5.41) is 9.38. The normalized spacial score (nSPS) is 11.3. The van der Waals surface area contributed by atoms with Gasteiger partial charge in [0, 0.05) is 16.7 Å². The summed E-state index contributed by atoms with van der Waals surface area (Å²) in [6.45, 7) is 7.44. The summed E-state index contributed by atoms with van der Waals surface area (Å²) in [7, 11) is 0. The highest BCUT2D eigenvalue weighted by molar-refractivity contribution is 6.24. The van der Waals surface area contributed by atoms with Crippen LogP contribution >= 0.6 is 0 Å². The van der Waals surface area contributed by atoms with E-state index in [9.17, 15) is 0 Å². The van der Waals surface area contributed by atoms with Gasteiger partial charge in [0.25, 0.3) is 0 Å². The molecule has 4 nitrogen and oxygen atoms in total. The topological polar surface area (TPSA) is 43.0 Å². The second-order valence-electron chi connectivity index (χ2n) is 13.5. The molecule has 1 aromatic heterocycles. The third kappa shape index (κ3) is 5.44. The van der Waals surface area contributed by atoms with Gasteiger partial charge < -0.3 is 0 Å². The summed E-state index contributed by atoms with van der Waals surface area (Å²) in [5.74, 6) is 1.91. The predicted molar refractivity (Wildman–Crippen MR) is 223 cm³/mol. The molecule has 0 spiro atoms. The van der Waals surface area contributed by atoms with Gasteiger partial charge in [-0.05, 0) is 95.7 Å². The highest BCUT2D eigenvalue weighted by Gasteiger charge is 2.17. The molecule has 0 radical (unpaired) electrons. The Bertz CT molecular complexity index is 3050. The zero-order valence-corrected chi connectivity index (χ0v) is 29.1. The number of benzene rings is 9. The van der Waals surface area contributed by atoms with Gasteiger partial charge in [-0.3, -0.25) is 0 Å². The van der Waals surface area contributed by atoms with E-state index in [4.69, 9.17) is 21.5 Å². The van der Waals surface area contributed by atoms with Crippen molar-refractivity contribution in [2.45, 2.75) is 0 Å². The summed E-state index contributed by atoms with van der Waals surface area (Å²) in [6.07, 6.45) is 0. The van der Waals surface area contributed by atoms with E-state index in [1.807, 2.05) is 78.9 Å². The SMILES string of the molecule is [C-]#[N+]c1ccc2cc(-c3cc4c5ccccc5c(-c5cccc(-c6nc(-c7ccccc7)nc(-c7ccccc7)n6)c5)cc4c4ccccc34)ccc2c1. The van der Waals surface area contributed by atoms with Gasteiger partial charge in [-0.25, -0.2) is 19.8 Å². The van der Waals surface area contributed by atoms with Crippen LogP contribution in [0.1, 0.15) is 0 Å². The van der Waals surface area contributed by atoms with Crippen LogP contribution in [0, 0.1) is 6.57 Å². The van der Waals surface area contributed by atoms with E-state index in [1.54, 1.807) is 0 Å². The Balaban J connectivity index is 1.16. The average molecular weight is 687 g/mol. The van der Waals surface area contributed by atoms with Crippen LogP contribution in [0.3, 0.4) is 0 Å². The minimum atomic E-state index is 0.630. The third-order valence-corrected chi connectivity index (χ3v) is 10.3. The molecule has 0 bridgehead atoms. The fourth-order valence-corrected chi connectivity index (χ4v) is 7.66. The number of hydrogen-bond acceptors (Lipinski definition) is 3. The van der Waals surface area contributed by atoms with Crippen molar-refractivity contribution in [2.75, 3.05) is 0 Å². The molecule has 0 fully saturated rings. The maximum absolute atomic E-state index is 7.44. The van der Waals surface area contributed by atoms with Crippen molar-refractivity contribution >= 4 is 48.8 Å². The first-order valence-electron chi connectivity index (χ1n) is 18.0. The van der Waals surface area contributed by atoms with Crippen molar-refractivity contribution < 1.29 is 0 Å². The largest absolute Gasteiger partial charge is 0.238 e. The molecule has 54 heavy (non-hydrogen) atoms. The van der Waals surface area contributed by atoms with E-state index >= 15 is 0 Å². The zero-order valence-electron chi connectivity index (χ0n) is 29.1. The van der Waals surface area contributed by atoms with E-state index in [0.29, 0.717) is 23.2 Å². The lowest BCUT2D eigenvalue weighted by Gasteiger charge is -2.17. The van der Waals surface area contributed by atoms with Crippen molar-refractivity contribution in [3.8, 4) is 56.4 Å². The molecule has 0 atom stereocenters. The smallest absolute Gasteiger partial charge is 0.187 e. The van der Waals surface area contributed by atoms with Gasteiger partial charge in [0.15, 0.2) is 23.2 Å². The monoisotopic (exact) mass is 686 g/mol. The van der Waals surface area contributed by atoms with Gasteiger partial charge in [0.2, 0.25) is 0 Å². The standard InChI is InChI=1S/C50H30N4/c1-51-39-26-25-34-27-37(24-23-35(34)29-39)45-31-47-42-21-10-8-19-40(42)44(30-46(47)43-22-11-9-20-41(43)45)36-17-12-18-38(28-36)50-53-48(32-13-4-2-5-14-32)52-49(54-50)33-15-6-3-7-16-33/h2-31H. The van der Waals surface area contributed by atoms with E-state index in [2.05, 4.69) is 108 Å². The minimum Gasteiger partial charge on any atom is -0.238 e. The van der Waals surface area contributed by atoms with Crippen LogP contribution in [-0.4, -0.2) is 15.0 Å². The Kier molecular flexibility index (Phi) is 7.49. The molecule has 0 saturated carbocycles. The third-order valence-electron chi connectivity index (χ3n) is 10.3. The minimum absolute atomic E-state index is 0.630. The molecule has 250 valence electrons. The fraction of sp³-hybridized carbons (Fsp3) is 0. The zero-order chi connectivity index (χ0) is 36.0. The van der Waals surface area contributed by atoms with Gasteiger partial charge in [0.1, 0.15) is 0 Å². The molecule has 0 N–H and O–H groups in total. The number of hydrogen-bond donors (Lipinski definition) is 0. The van der Waals surface area contributed by atoms with E-state index in [-0.39, 0.29) is 0 Å². The van der Waals surface area contributed by atoms with Crippen LogP contribution in [0.25, 0.3) is 104 Å². The lowest BCUT2D eigenvalue weighted by molar-refractivity contribution is 1.07. The average Bonchev–Trinajstić information content (AvgIpc) is 3.26. The summed E-state index contributed by atoms with van der Waals surface area (Å²) < 4.78 is 0. The Morgan fingerprint density at radius 3 is 1.33 bits per heavy atom. The van der Waals surface area contributed by atoms with Gasteiger partial charge in [-0.1, -0.05) is 152 Å². The van der Waals surface area contributed by atoms with Crippen molar-refractivity contribution in [3.63, 3.8) is 0 Å². The Labute approximate surface area is 312 Å². The highest BCUT2D eigenvalue weighted by atomic mass is 15.0. The van der Waals surface area contributed by atoms with Crippen LogP contribution in [-0.2, 0) is 0 Å². The number of aromatic nitrogens is 3. The highest BCUT2D eigenvalue weighted by Crippen LogP contribution is 2.43. The maximum Gasteiger partial charge on any atom is 0.187 e. The molecule has 10 aromatic rings. The van der Waals surface area contributed by atoms with E-state index < -0.39 is 0 Å². The molecule has 1 heterocycles. The molecular weight excluding hydrogens is 657 g/mol. The summed E-state index contributed by atoms with van der Waals surface area (Å²) in [5.41, 5.74) is 8.05. The van der Waals surface area contributed by atoms with Gasteiger partial charge in [-0.15, -0.1) is 0 Å². The Morgan fingerprint density at radius 2 is 0.759 bits per heavy atom. The molecule has 4 heteroatoms. The van der Waals surface area contributed by atoms with Crippen LogP contribution in [0.2, 0.25) is 0 Å². The fourth-order valence-electron chi connectivity index (χ4n) is 7.66. The first-order valence-corrected chi connectivity index (χ1v) is 18.0. The number of nitrogens with zero attached hydrogens (tertiary/aromatic N) is 4. The Hall–Kier alpha value is -7.48. The lowest BCUT2D eigenvalue weighted by Crippen LogP contribution is -2.00. The first kappa shape index (κ1) is 31.3. The molecule has 0 aliphatic rings. The summed E-state index contributed by atoms with van der Waals surface area (Å²) in [6, 6.07) is 63.3. The first-order chi connectivity index (χ1) is 26.7. The van der Waals surface area contributed by atoms with Gasteiger partial charge in [-0.2, -0.15) is 0 Å². The molecule has 0 unspecified atom stereocenters. The lowest BCUT2D eigenvalue weighted by atomic mass is 9.87. The molecular formula is C50H30N4. The summed E-state index contributed by atoms with van der Waals surface area (Å²) >= 11 is 0. The van der Waals surface area contributed by atoms with E-state index in [0.717, 1.165) is 44.2 Å². The number of rotatable bonds is 5. The van der Waals surface area contributed by atoms with Gasteiger partial charge in [0.05, 0.1) is 6.57 Å². The number of fused-ring (bicyclic) bond motifs is 6. The summed E-state index contributed by atoms with van der Waals surface area (Å²) in [4.78, 5) is 18.6. The van der Waals surface area contributed by atoms with Crippen LogP contribution in [0.4, 0.5) is 5.69 Å². The van der Waals surface area contributed by atoms with Crippen molar-refractivity contribution in [2.24, 2.45) is 0 Å². The molecule has 0 aliphatic heterocycles. The second-order valence-corrected chi connectivity index (χ2v) is 13.5. The van der Waals surface area contributed by atoms with Crippen molar-refractivity contribution in [1.82, 2.24) is 15.0 Å². The molecule has 9 aromatic carbocycles. The van der Waals surface area contributed by atoms with E-state index in [1.165, 1.54) is 37.9 Å². The van der Waals surface area contributed by atoms with Crippen molar-refractivity contribution in [3.05, 3.63) is 193 Å². The maximum atomic E-state index is 7.44. The van der Waals surface area contributed by atoms with Crippen LogP contribution < -0.4 is 0 Å². The molecule has 0 saturated heterocycles.